The second-order valence-electron chi connectivity index (χ2n) is 4.16. The van der Waals surface area contributed by atoms with Gasteiger partial charge in [0.15, 0.2) is 5.82 Å². The summed E-state index contributed by atoms with van der Waals surface area (Å²) in [7, 11) is 5.21. The third-order valence-electron chi connectivity index (χ3n) is 3.27. The van der Waals surface area contributed by atoms with Gasteiger partial charge in [0.1, 0.15) is 11.4 Å². The van der Waals surface area contributed by atoms with Gasteiger partial charge in [-0.2, -0.15) is 0 Å². The number of methoxy groups -OCH3 is 2. The van der Waals surface area contributed by atoms with Crippen molar-refractivity contribution in [1.82, 2.24) is 9.97 Å². The molecule has 1 N–H and O–H groups in total. The Labute approximate surface area is 109 Å². The van der Waals surface area contributed by atoms with Crippen molar-refractivity contribution < 1.29 is 9.47 Å². The molecule has 0 aliphatic rings. The van der Waals surface area contributed by atoms with Gasteiger partial charge in [-0.3, -0.25) is 0 Å². The minimum atomic E-state index is -0.421. The third kappa shape index (κ3) is 2.97. The summed E-state index contributed by atoms with van der Waals surface area (Å²) in [5.41, 5.74) is 0.435. The van der Waals surface area contributed by atoms with Gasteiger partial charge in [0, 0.05) is 27.3 Å². The standard InChI is InChI=1S/C13H23N3O2/c1-6-13(7-2,18-5)12-15-10(9-17-4)8-11(14-3)16-12/h8H,6-7,9H2,1-5H3,(H,14,15,16). The molecule has 1 heterocycles. The molecule has 0 bridgehead atoms. The van der Waals surface area contributed by atoms with E-state index in [1.807, 2.05) is 13.1 Å². The Balaban J connectivity index is 3.24. The fraction of sp³-hybridized carbons (Fsp3) is 0.692. The highest BCUT2D eigenvalue weighted by Crippen LogP contribution is 2.30. The number of nitrogens with zero attached hydrogens (tertiary/aromatic N) is 2. The van der Waals surface area contributed by atoms with E-state index < -0.39 is 5.60 Å². The van der Waals surface area contributed by atoms with E-state index in [4.69, 9.17) is 9.47 Å². The summed E-state index contributed by atoms with van der Waals surface area (Å²) in [5.74, 6) is 1.50. The highest BCUT2D eigenvalue weighted by molar-refractivity contribution is 5.36. The molecule has 18 heavy (non-hydrogen) atoms. The Hall–Kier alpha value is -1.20. The van der Waals surface area contributed by atoms with E-state index in [1.165, 1.54) is 0 Å². The zero-order valence-corrected chi connectivity index (χ0v) is 11.9. The molecular weight excluding hydrogens is 230 g/mol. The molecule has 0 saturated carbocycles. The highest BCUT2D eigenvalue weighted by atomic mass is 16.5. The van der Waals surface area contributed by atoms with Gasteiger partial charge in [-0.25, -0.2) is 9.97 Å². The Kier molecular flexibility index (Phi) is 5.50. The molecular formula is C13H23N3O2. The van der Waals surface area contributed by atoms with E-state index >= 15 is 0 Å². The zero-order chi connectivity index (χ0) is 13.6. The van der Waals surface area contributed by atoms with E-state index in [-0.39, 0.29) is 0 Å². The first-order chi connectivity index (χ1) is 8.65. The Morgan fingerprint density at radius 3 is 2.33 bits per heavy atom. The molecule has 0 saturated heterocycles. The van der Waals surface area contributed by atoms with Crippen LogP contribution in [0.2, 0.25) is 0 Å². The van der Waals surface area contributed by atoms with Gasteiger partial charge >= 0.3 is 0 Å². The lowest BCUT2D eigenvalue weighted by Crippen LogP contribution is -2.30. The molecule has 0 spiro atoms. The fourth-order valence-corrected chi connectivity index (χ4v) is 2.00. The molecule has 0 unspecified atom stereocenters. The SMILES string of the molecule is CCC(CC)(OC)c1nc(COC)cc(NC)n1. The van der Waals surface area contributed by atoms with E-state index in [2.05, 4.69) is 29.1 Å². The number of ether oxygens (including phenoxy) is 2. The van der Waals surface area contributed by atoms with Crippen molar-refractivity contribution in [2.45, 2.75) is 38.9 Å². The predicted molar refractivity (Wildman–Crippen MR) is 71.6 cm³/mol. The first-order valence-corrected chi connectivity index (χ1v) is 6.26. The number of aromatic nitrogens is 2. The number of hydrogen-bond acceptors (Lipinski definition) is 5. The molecule has 0 aliphatic heterocycles. The summed E-state index contributed by atoms with van der Waals surface area (Å²) in [6, 6.07) is 1.89. The van der Waals surface area contributed by atoms with Gasteiger partial charge in [0.2, 0.25) is 0 Å². The van der Waals surface area contributed by atoms with Crippen LogP contribution in [-0.4, -0.2) is 31.2 Å². The number of anilines is 1. The van der Waals surface area contributed by atoms with Gasteiger partial charge < -0.3 is 14.8 Å². The molecule has 5 nitrogen and oxygen atoms in total. The highest BCUT2D eigenvalue weighted by Gasteiger charge is 2.32. The summed E-state index contributed by atoms with van der Waals surface area (Å²) >= 11 is 0. The minimum absolute atomic E-state index is 0.421. The fourth-order valence-electron chi connectivity index (χ4n) is 2.00. The maximum Gasteiger partial charge on any atom is 0.162 e. The molecule has 0 aliphatic carbocycles. The monoisotopic (exact) mass is 253 g/mol. The Morgan fingerprint density at radius 2 is 1.89 bits per heavy atom. The number of rotatable bonds is 7. The molecule has 0 atom stereocenters. The smallest absolute Gasteiger partial charge is 0.162 e. The summed E-state index contributed by atoms with van der Waals surface area (Å²) in [6.45, 7) is 4.63. The predicted octanol–water partition coefficient (Wildman–Crippen LogP) is 2.33. The number of hydrogen-bond donors (Lipinski definition) is 1. The van der Waals surface area contributed by atoms with E-state index in [9.17, 15) is 0 Å². The van der Waals surface area contributed by atoms with Crippen LogP contribution >= 0.6 is 0 Å². The average Bonchev–Trinajstić information content (AvgIpc) is 2.41. The van der Waals surface area contributed by atoms with Gasteiger partial charge in [-0.1, -0.05) is 13.8 Å². The first kappa shape index (κ1) is 14.9. The van der Waals surface area contributed by atoms with Gasteiger partial charge in [-0.15, -0.1) is 0 Å². The van der Waals surface area contributed by atoms with Crippen molar-refractivity contribution in [2.24, 2.45) is 0 Å². The lowest BCUT2D eigenvalue weighted by molar-refractivity contribution is -0.0294. The maximum atomic E-state index is 5.66. The zero-order valence-electron chi connectivity index (χ0n) is 11.9. The second kappa shape index (κ2) is 6.66. The molecule has 1 aromatic rings. The van der Waals surface area contributed by atoms with E-state index in [1.54, 1.807) is 14.2 Å². The summed E-state index contributed by atoms with van der Waals surface area (Å²) in [4.78, 5) is 9.07. The quantitative estimate of drug-likeness (QED) is 0.808. The summed E-state index contributed by atoms with van der Waals surface area (Å²) in [6.07, 6.45) is 1.67. The van der Waals surface area contributed by atoms with Crippen molar-refractivity contribution in [3.8, 4) is 0 Å². The molecule has 0 radical (unpaired) electrons. The second-order valence-corrected chi connectivity index (χ2v) is 4.16. The summed E-state index contributed by atoms with van der Waals surface area (Å²) in [5, 5.41) is 3.05. The lowest BCUT2D eigenvalue weighted by atomic mass is 9.96. The van der Waals surface area contributed by atoms with Gasteiger partial charge in [0.25, 0.3) is 0 Å². The van der Waals surface area contributed by atoms with Crippen LogP contribution in [0.3, 0.4) is 0 Å². The molecule has 0 aromatic carbocycles. The van der Waals surface area contributed by atoms with Crippen LogP contribution in [0.1, 0.15) is 38.2 Å². The molecule has 1 rings (SSSR count). The van der Waals surface area contributed by atoms with E-state index in [0.29, 0.717) is 12.4 Å². The largest absolute Gasteiger partial charge is 0.378 e. The van der Waals surface area contributed by atoms with Gasteiger partial charge in [-0.05, 0) is 12.8 Å². The van der Waals surface area contributed by atoms with Crippen LogP contribution < -0.4 is 5.32 Å². The van der Waals surface area contributed by atoms with Gasteiger partial charge in [0.05, 0.1) is 12.3 Å². The lowest BCUT2D eigenvalue weighted by Gasteiger charge is -2.29. The van der Waals surface area contributed by atoms with Crippen molar-refractivity contribution in [2.75, 3.05) is 26.6 Å². The topological polar surface area (TPSA) is 56.3 Å². The Morgan fingerprint density at radius 1 is 1.22 bits per heavy atom. The van der Waals surface area contributed by atoms with Crippen LogP contribution in [0.4, 0.5) is 5.82 Å². The van der Waals surface area contributed by atoms with Crippen molar-refractivity contribution in [3.05, 3.63) is 17.6 Å². The van der Waals surface area contributed by atoms with E-state index in [0.717, 1.165) is 24.4 Å². The average molecular weight is 253 g/mol. The van der Waals surface area contributed by atoms with Crippen LogP contribution in [0.25, 0.3) is 0 Å². The molecule has 0 amide bonds. The number of nitrogens with one attached hydrogen (secondary N) is 1. The Bertz CT molecular complexity index is 370. The molecule has 5 heteroatoms. The van der Waals surface area contributed by atoms with Crippen molar-refractivity contribution >= 4 is 5.82 Å². The van der Waals surface area contributed by atoms with Crippen LogP contribution in [-0.2, 0) is 21.7 Å². The molecule has 0 fully saturated rings. The summed E-state index contributed by atoms with van der Waals surface area (Å²) < 4.78 is 10.8. The minimum Gasteiger partial charge on any atom is -0.378 e. The molecule has 1 aromatic heterocycles. The van der Waals surface area contributed by atoms with Crippen molar-refractivity contribution in [1.29, 1.82) is 0 Å². The first-order valence-electron chi connectivity index (χ1n) is 6.26. The van der Waals surface area contributed by atoms with Crippen LogP contribution in [0.15, 0.2) is 6.07 Å². The molecule has 102 valence electrons. The normalized spacial score (nSPS) is 11.6. The van der Waals surface area contributed by atoms with Crippen LogP contribution in [0.5, 0.6) is 0 Å². The van der Waals surface area contributed by atoms with Crippen molar-refractivity contribution in [3.63, 3.8) is 0 Å². The third-order valence-corrected chi connectivity index (χ3v) is 3.27. The maximum absolute atomic E-state index is 5.66. The van der Waals surface area contributed by atoms with Crippen LogP contribution in [0, 0.1) is 0 Å².